The second-order valence-electron chi connectivity index (χ2n) is 3.56. The summed E-state index contributed by atoms with van der Waals surface area (Å²) in [6.45, 7) is 6.13. The molecule has 3 nitrogen and oxygen atoms in total. The van der Waals surface area contributed by atoms with Gasteiger partial charge in [-0.2, -0.15) is 18.4 Å². The normalized spacial score (nSPS) is 13.1. The summed E-state index contributed by atoms with van der Waals surface area (Å²) in [6, 6.07) is 0.592. The smallest absolute Gasteiger partial charge is 0.315 e. The Bertz CT molecular complexity index is 304. The van der Waals surface area contributed by atoms with Crippen molar-refractivity contribution in [2.75, 3.05) is 6.54 Å². The minimum absolute atomic E-state index is 0.297. The standard InChI is InChI=1S/C10H13F3N2O/c1-4-5-15(8(6-14)7(2)3)9(16)10(11,12)13/h4,7-8H,1,5H2,2-3H3/t8-/m1/s1. The van der Waals surface area contributed by atoms with Gasteiger partial charge in [0.2, 0.25) is 0 Å². The summed E-state index contributed by atoms with van der Waals surface area (Å²) >= 11 is 0. The first-order valence-electron chi connectivity index (χ1n) is 4.64. The number of carbonyl (C=O) groups is 1. The van der Waals surface area contributed by atoms with Gasteiger partial charge in [0.25, 0.3) is 0 Å². The molecule has 0 aromatic carbocycles. The molecular weight excluding hydrogens is 221 g/mol. The van der Waals surface area contributed by atoms with E-state index in [1.807, 2.05) is 0 Å². The predicted molar refractivity (Wildman–Crippen MR) is 52.2 cm³/mol. The molecule has 1 atom stereocenters. The molecule has 0 unspecified atom stereocenters. The van der Waals surface area contributed by atoms with Crippen LogP contribution in [0.5, 0.6) is 0 Å². The number of hydrogen-bond acceptors (Lipinski definition) is 2. The van der Waals surface area contributed by atoms with Crippen LogP contribution in [0.4, 0.5) is 13.2 Å². The van der Waals surface area contributed by atoms with E-state index in [9.17, 15) is 18.0 Å². The summed E-state index contributed by atoms with van der Waals surface area (Å²) in [6.07, 6.45) is -3.80. The highest BCUT2D eigenvalue weighted by Gasteiger charge is 2.44. The summed E-state index contributed by atoms with van der Waals surface area (Å²) in [5.74, 6) is -2.39. The van der Waals surface area contributed by atoms with Crippen molar-refractivity contribution in [3.8, 4) is 6.07 Å². The van der Waals surface area contributed by atoms with Crippen LogP contribution >= 0.6 is 0 Å². The Morgan fingerprint density at radius 2 is 2.06 bits per heavy atom. The molecule has 0 aliphatic heterocycles. The number of nitriles is 1. The van der Waals surface area contributed by atoms with Crippen molar-refractivity contribution in [1.29, 1.82) is 5.26 Å². The van der Waals surface area contributed by atoms with Crippen LogP contribution < -0.4 is 0 Å². The van der Waals surface area contributed by atoms with Crippen molar-refractivity contribution in [2.45, 2.75) is 26.1 Å². The number of amides is 1. The van der Waals surface area contributed by atoms with Crippen LogP contribution in [-0.2, 0) is 4.79 Å². The van der Waals surface area contributed by atoms with Gasteiger partial charge < -0.3 is 4.90 Å². The summed E-state index contributed by atoms with van der Waals surface area (Å²) < 4.78 is 36.7. The van der Waals surface area contributed by atoms with E-state index in [2.05, 4.69) is 6.58 Å². The van der Waals surface area contributed by atoms with Crippen LogP contribution in [0.1, 0.15) is 13.8 Å². The van der Waals surface area contributed by atoms with Gasteiger partial charge in [0, 0.05) is 6.54 Å². The van der Waals surface area contributed by atoms with Crippen LogP contribution in [0.3, 0.4) is 0 Å². The van der Waals surface area contributed by atoms with Gasteiger partial charge >= 0.3 is 12.1 Å². The maximum absolute atomic E-state index is 12.2. The number of nitrogens with zero attached hydrogens (tertiary/aromatic N) is 2. The summed E-state index contributed by atoms with van der Waals surface area (Å²) in [7, 11) is 0. The number of alkyl halides is 3. The van der Waals surface area contributed by atoms with E-state index in [-0.39, 0.29) is 12.5 Å². The Morgan fingerprint density at radius 3 is 2.31 bits per heavy atom. The fraction of sp³-hybridized carbons (Fsp3) is 0.600. The first-order chi connectivity index (χ1) is 7.25. The summed E-state index contributed by atoms with van der Waals surface area (Å²) in [4.78, 5) is 11.5. The summed E-state index contributed by atoms with van der Waals surface area (Å²) in [5, 5.41) is 8.76. The molecule has 0 spiro atoms. The van der Waals surface area contributed by atoms with Crippen LogP contribution in [0, 0.1) is 17.2 Å². The lowest BCUT2D eigenvalue weighted by molar-refractivity contribution is -0.186. The molecule has 0 saturated carbocycles. The molecule has 0 radical (unpaired) electrons. The number of halogens is 3. The lowest BCUT2D eigenvalue weighted by Gasteiger charge is -2.29. The minimum atomic E-state index is -4.97. The second kappa shape index (κ2) is 5.54. The highest BCUT2D eigenvalue weighted by Crippen LogP contribution is 2.22. The van der Waals surface area contributed by atoms with Gasteiger partial charge in [-0.15, -0.1) is 6.58 Å². The molecular formula is C10H13F3N2O. The maximum atomic E-state index is 12.2. The monoisotopic (exact) mass is 234 g/mol. The van der Waals surface area contributed by atoms with E-state index in [1.54, 1.807) is 19.9 Å². The molecule has 1 amide bonds. The van der Waals surface area contributed by atoms with Crippen LogP contribution in [-0.4, -0.2) is 29.6 Å². The topological polar surface area (TPSA) is 44.1 Å². The van der Waals surface area contributed by atoms with Gasteiger partial charge in [-0.25, -0.2) is 0 Å². The highest BCUT2D eigenvalue weighted by atomic mass is 19.4. The van der Waals surface area contributed by atoms with Crippen molar-refractivity contribution in [3.63, 3.8) is 0 Å². The molecule has 0 bridgehead atoms. The van der Waals surface area contributed by atoms with Crippen LogP contribution in [0.15, 0.2) is 12.7 Å². The van der Waals surface area contributed by atoms with E-state index in [4.69, 9.17) is 5.26 Å². The van der Waals surface area contributed by atoms with Gasteiger partial charge in [0.1, 0.15) is 6.04 Å². The zero-order valence-electron chi connectivity index (χ0n) is 9.08. The fourth-order valence-electron chi connectivity index (χ4n) is 1.20. The Hall–Kier alpha value is -1.51. The molecule has 0 heterocycles. The van der Waals surface area contributed by atoms with Crippen molar-refractivity contribution >= 4 is 5.91 Å². The predicted octanol–water partition coefficient (Wildman–Crippen LogP) is 2.11. The third-order valence-corrected chi connectivity index (χ3v) is 1.93. The Morgan fingerprint density at radius 1 is 1.56 bits per heavy atom. The molecule has 6 heteroatoms. The molecule has 0 saturated heterocycles. The number of hydrogen-bond donors (Lipinski definition) is 0. The molecule has 0 aromatic rings. The average Bonchev–Trinajstić information content (AvgIpc) is 2.14. The van der Waals surface area contributed by atoms with E-state index >= 15 is 0 Å². The molecule has 0 fully saturated rings. The third kappa shape index (κ3) is 3.57. The van der Waals surface area contributed by atoms with Gasteiger partial charge in [-0.1, -0.05) is 19.9 Å². The zero-order valence-corrected chi connectivity index (χ0v) is 9.08. The van der Waals surface area contributed by atoms with E-state index in [1.165, 1.54) is 0 Å². The highest BCUT2D eigenvalue weighted by molar-refractivity contribution is 5.82. The van der Waals surface area contributed by atoms with Gasteiger partial charge in [-0.05, 0) is 5.92 Å². The van der Waals surface area contributed by atoms with E-state index in [0.29, 0.717) is 4.90 Å². The molecule has 16 heavy (non-hydrogen) atoms. The molecule has 0 N–H and O–H groups in total. The van der Waals surface area contributed by atoms with Crippen molar-refractivity contribution in [2.24, 2.45) is 5.92 Å². The lowest BCUT2D eigenvalue weighted by Crippen LogP contribution is -2.48. The van der Waals surface area contributed by atoms with Crippen LogP contribution in [0.2, 0.25) is 0 Å². The molecule has 0 aliphatic carbocycles. The quantitative estimate of drug-likeness (QED) is 0.699. The Kier molecular flexibility index (Phi) is 5.02. The van der Waals surface area contributed by atoms with Gasteiger partial charge in [0.15, 0.2) is 0 Å². The number of rotatable bonds is 4. The summed E-state index contributed by atoms with van der Waals surface area (Å²) in [5.41, 5.74) is 0. The second-order valence-corrected chi connectivity index (χ2v) is 3.56. The first kappa shape index (κ1) is 14.5. The SMILES string of the molecule is C=CCN(C(=O)C(F)(F)F)[C@H](C#N)C(C)C. The van der Waals surface area contributed by atoms with Crippen LogP contribution in [0.25, 0.3) is 0 Å². The lowest BCUT2D eigenvalue weighted by atomic mass is 10.0. The van der Waals surface area contributed by atoms with Crippen molar-refractivity contribution in [1.82, 2.24) is 4.90 Å². The van der Waals surface area contributed by atoms with Crippen molar-refractivity contribution < 1.29 is 18.0 Å². The molecule has 0 rings (SSSR count). The largest absolute Gasteiger partial charge is 0.471 e. The molecule has 0 aliphatic rings. The Balaban J connectivity index is 5.08. The third-order valence-electron chi connectivity index (χ3n) is 1.93. The van der Waals surface area contributed by atoms with Gasteiger partial charge in [0.05, 0.1) is 6.07 Å². The van der Waals surface area contributed by atoms with E-state index < -0.39 is 18.1 Å². The van der Waals surface area contributed by atoms with E-state index in [0.717, 1.165) is 6.08 Å². The number of carbonyl (C=O) groups excluding carboxylic acids is 1. The minimum Gasteiger partial charge on any atom is -0.315 e. The molecule has 0 aromatic heterocycles. The maximum Gasteiger partial charge on any atom is 0.471 e. The fourth-order valence-corrected chi connectivity index (χ4v) is 1.20. The van der Waals surface area contributed by atoms with Crippen molar-refractivity contribution in [3.05, 3.63) is 12.7 Å². The molecule has 90 valence electrons. The average molecular weight is 234 g/mol. The first-order valence-corrected chi connectivity index (χ1v) is 4.64. The Labute approximate surface area is 92.1 Å². The zero-order chi connectivity index (χ0) is 12.9. The van der Waals surface area contributed by atoms with Gasteiger partial charge in [-0.3, -0.25) is 4.79 Å².